The van der Waals surface area contributed by atoms with Crippen LogP contribution >= 0.6 is 11.3 Å². The first-order valence-electron chi connectivity index (χ1n) is 4.57. The molecule has 0 aromatic carbocycles. The van der Waals surface area contributed by atoms with Gasteiger partial charge >= 0.3 is 0 Å². The van der Waals surface area contributed by atoms with Crippen LogP contribution in [-0.2, 0) is 0 Å². The summed E-state index contributed by atoms with van der Waals surface area (Å²) in [5.41, 5.74) is 2.27. The average Bonchev–Trinajstić information content (AvgIpc) is 2.52. The van der Waals surface area contributed by atoms with Gasteiger partial charge in [-0.15, -0.1) is 11.3 Å². The lowest BCUT2D eigenvalue weighted by Crippen LogP contribution is -2.08. The van der Waals surface area contributed by atoms with Crippen molar-refractivity contribution in [2.45, 2.75) is 32.3 Å². The number of allylic oxidation sites excluding steroid dienone is 1. The standard InChI is InChI=1S/C10H13NOS/c1-7-11-10(6-13-7)8-3-2-4-9(12)5-8/h5-6,9,12H,2-4H2,1H3. The topological polar surface area (TPSA) is 33.1 Å². The Kier molecular flexibility index (Phi) is 2.47. The highest BCUT2D eigenvalue weighted by Crippen LogP contribution is 2.27. The minimum atomic E-state index is -0.259. The van der Waals surface area contributed by atoms with Crippen molar-refractivity contribution in [2.24, 2.45) is 0 Å². The van der Waals surface area contributed by atoms with E-state index in [1.165, 1.54) is 5.57 Å². The second-order valence-electron chi connectivity index (χ2n) is 3.40. The Hall–Kier alpha value is -0.670. The van der Waals surface area contributed by atoms with Crippen LogP contribution < -0.4 is 0 Å². The van der Waals surface area contributed by atoms with Crippen molar-refractivity contribution in [3.05, 3.63) is 22.2 Å². The summed E-state index contributed by atoms with van der Waals surface area (Å²) >= 11 is 1.67. The number of hydrogen-bond donors (Lipinski definition) is 1. The number of aromatic nitrogens is 1. The summed E-state index contributed by atoms with van der Waals surface area (Å²) in [5, 5.41) is 12.6. The van der Waals surface area contributed by atoms with Gasteiger partial charge in [0.05, 0.1) is 16.8 Å². The summed E-state index contributed by atoms with van der Waals surface area (Å²) in [6.07, 6.45) is 4.71. The Labute approximate surface area is 81.9 Å². The average molecular weight is 195 g/mol. The van der Waals surface area contributed by atoms with E-state index in [-0.39, 0.29) is 6.10 Å². The fraction of sp³-hybridized carbons (Fsp3) is 0.500. The number of aryl methyl sites for hydroxylation is 1. The van der Waals surface area contributed by atoms with Crippen LogP contribution in [0.15, 0.2) is 11.5 Å². The summed E-state index contributed by atoms with van der Waals surface area (Å²) in [6.45, 7) is 2.01. The van der Waals surface area contributed by atoms with E-state index < -0.39 is 0 Å². The van der Waals surface area contributed by atoms with Crippen molar-refractivity contribution in [2.75, 3.05) is 0 Å². The van der Waals surface area contributed by atoms with Gasteiger partial charge in [0.15, 0.2) is 0 Å². The SMILES string of the molecule is Cc1nc(C2=CC(O)CCC2)cs1. The molecule has 1 heterocycles. The highest BCUT2D eigenvalue weighted by molar-refractivity contribution is 7.09. The van der Waals surface area contributed by atoms with E-state index in [1.807, 2.05) is 13.0 Å². The molecule has 0 bridgehead atoms. The summed E-state index contributed by atoms with van der Waals surface area (Å²) < 4.78 is 0. The zero-order valence-corrected chi connectivity index (χ0v) is 8.47. The Morgan fingerprint density at radius 3 is 3.08 bits per heavy atom. The molecular formula is C10H13NOS. The molecule has 0 radical (unpaired) electrons. The van der Waals surface area contributed by atoms with E-state index in [2.05, 4.69) is 10.4 Å². The molecule has 1 aliphatic carbocycles. The first-order valence-corrected chi connectivity index (χ1v) is 5.45. The van der Waals surface area contributed by atoms with Gasteiger partial charge < -0.3 is 5.11 Å². The number of aliphatic hydroxyl groups excluding tert-OH is 1. The van der Waals surface area contributed by atoms with Gasteiger partial charge in [0.25, 0.3) is 0 Å². The smallest absolute Gasteiger partial charge is 0.0901 e. The van der Waals surface area contributed by atoms with Crippen LogP contribution in [0.25, 0.3) is 5.57 Å². The second kappa shape index (κ2) is 3.60. The Morgan fingerprint density at radius 1 is 1.62 bits per heavy atom. The first-order chi connectivity index (χ1) is 6.25. The van der Waals surface area contributed by atoms with E-state index in [1.54, 1.807) is 11.3 Å². The largest absolute Gasteiger partial charge is 0.389 e. The molecule has 1 aliphatic rings. The van der Waals surface area contributed by atoms with Crippen LogP contribution in [0.5, 0.6) is 0 Å². The molecular weight excluding hydrogens is 182 g/mol. The zero-order chi connectivity index (χ0) is 9.26. The van der Waals surface area contributed by atoms with Crippen LogP contribution in [-0.4, -0.2) is 16.2 Å². The highest BCUT2D eigenvalue weighted by Gasteiger charge is 2.13. The van der Waals surface area contributed by atoms with Gasteiger partial charge in [-0.2, -0.15) is 0 Å². The predicted molar refractivity (Wildman–Crippen MR) is 54.7 cm³/mol. The van der Waals surface area contributed by atoms with Gasteiger partial charge in [-0.3, -0.25) is 0 Å². The molecule has 0 fully saturated rings. The predicted octanol–water partition coefficient (Wildman–Crippen LogP) is 2.38. The molecule has 0 saturated heterocycles. The Morgan fingerprint density at radius 2 is 2.46 bits per heavy atom. The zero-order valence-electron chi connectivity index (χ0n) is 7.66. The Bertz CT molecular complexity index is 329. The molecule has 0 aliphatic heterocycles. The van der Waals surface area contributed by atoms with E-state index in [9.17, 15) is 5.11 Å². The molecule has 0 amide bonds. The lowest BCUT2D eigenvalue weighted by Gasteiger charge is -2.15. The minimum Gasteiger partial charge on any atom is -0.389 e. The van der Waals surface area contributed by atoms with Gasteiger partial charge in [0.2, 0.25) is 0 Å². The number of thiazole rings is 1. The molecule has 0 saturated carbocycles. The minimum absolute atomic E-state index is 0.259. The summed E-state index contributed by atoms with van der Waals surface area (Å²) in [4.78, 5) is 4.41. The quantitative estimate of drug-likeness (QED) is 0.746. The molecule has 1 aromatic heterocycles. The molecule has 1 unspecified atom stereocenters. The lowest BCUT2D eigenvalue weighted by molar-refractivity contribution is 0.206. The van der Waals surface area contributed by atoms with Crippen molar-refractivity contribution in [3.8, 4) is 0 Å². The molecule has 1 N–H and O–H groups in total. The number of hydrogen-bond acceptors (Lipinski definition) is 3. The fourth-order valence-corrected chi connectivity index (χ4v) is 2.26. The van der Waals surface area contributed by atoms with Crippen molar-refractivity contribution >= 4 is 16.9 Å². The lowest BCUT2D eigenvalue weighted by atomic mass is 9.96. The third-order valence-corrected chi connectivity index (χ3v) is 3.06. The molecule has 0 spiro atoms. The van der Waals surface area contributed by atoms with Crippen LogP contribution in [0.2, 0.25) is 0 Å². The van der Waals surface area contributed by atoms with Crippen LogP contribution in [0.3, 0.4) is 0 Å². The van der Waals surface area contributed by atoms with Gasteiger partial charge in [0.1, 0.15) is 0 Å². The second-order valence-corrected chi connectivity index (χ2v) is 4.47. The Balaban J connectivity index is 2.25. The van der Waals surface area contributed by atoms with Crippen molar-refractivity contribution in [3.63, 3.8) is 0 Å². The molecule has 2 rings (SSSR count). The fourth-order valence-electron chi connectivity index (χ4n) is 1.62. The molecule has 1 aromatic rings. The molecule has 70 valence electrons. The third-order valence-electron chi connectivity index (χ3n) is 2.29. The van der Waals surface area contributed by atoms with Crippen LogP contribution in [0.4, 0.5) is 0 Å². The van der Waals surface area contributed by atoms with Gasteiger partial charge in [-0.25, -0.2) is 4.98 Å². The molecule has 2 nitrogen and oxygen atoms in total. The first kappa shape index (κ1) is 8.91. The third kappa shape index (κ3) is 1.98. The number of rotatable bonds is 1. The molecule has 1 atom stereocenters. The summed E-state index contributed by atoms with van der Waals surface area (Å²) in [6, 6.07) is 0. The summed E-state index contributed by atoms with van der Waals surface area (Å²) in [5.74, 6) is 0. The molecule has 3 heteroatoms. The number of nitrogens with zero attached hydrogens (tertiary/aromatic N) is 1. The summed E-state index contributed by atoms with van der Waals surface area (Å²) in [7, 11) is 0. The van der Waals surface area contributed by atoms with Crippen LogP contribution in [0, 0.1) is 6.92 Å². The maximum Gasteiger partial charge on any atom is 0.0901 e. The highest BCUT2D eigenvalue weighted by atomic mass is 32.1. The van der Waals surface area contributed by atoms with Crippen molar-refractivity contribution in [1.29, 1.82) is 0 Å². The van der Waals surface area contributed by atoms with E-state index >= 15 is 0 Å². The van der Waals surface area contributed by atoms with Gasteiger partial charge in [0, 0.05) is 5.38 Å². The van der Waals surface area contributed by atoms with Crippen molar-refractivity contribution in [1.82, 2.24) is 4.98 Å². The maximum atomic E-state index is 9.45. The molecule has 13 heavy (non-hydrogen) atoms. The normalized spacial score (nSPS) is 22.9. The van der Waals surface area contributed by atoms with E-state index in [0.29, 0.717) is 0 Å². The van der Waals surface area contributed by atoms with Gasteiger partial charge in [-0.05, 0) is 31.8 Å². The maximum absolute atomic E-state index is 9.45. The van der Waals surface area contributed by atoms with E-state index in [0.717, 1.165) is 30.0 Å². The van der Waals surface area contributed by atoms with Crippen LogP contribution in [0.1, 0.15) is 30.0 Å². The van der Waals surface area contributed by atoms with Gasteiger partial charge in [-0.1, -0.05) is 6.08 Å². The number of aliphatic hydroxyl groups is 1. The van der Waals surface area contributed by atoms with E-state index in [4.69, 9.17) is 0 Å². The van der Waals surface area contributed by atoms with Crippen molar-refractivity contribution < 1.29 is 5.11 Å². The monoisotopic (exact) mass is 195 g/mol.